The molecule has 0 unspecified atom stereocenters. The van der Waals surface area contributed by atoms with Crippen LogP contribution in [-0.4, -0.2) is 28.0 Å². The fraction of sp³-hybridized carbons (Fsp3) is 0.483. The number of amides is 1. The van der Waals surface area contributed by atoms with Crippen molar-refractivity contribution in [1.82, 2.24) is 15.3 Å². The van der Waals surface area contributed by atoms with E-state index in [0.29, 0.717) is 6.04 Å². The maximum atomic E-state index is 13.0. The summed E-state index contributed by atoms with van der Waals surface area (Å²) in [5.41, 5.74) is 8.01. The Labute approximate surface area is 203 Å². The maximum absolute atomic E-state index is 13.0. The molecule has 180 valence electrons. The molecule has 1 aromatic carbocycles. The van der Waals surface area contributed by atoms with Crippen LogP contribution in [0.1, 0.15) is 85.0 Å². The topological polar surface area (TPSA) is 66.9 Å². The van der Waals surface area contributed by atoms with E-state index in [0.717, 1.165) is 59.4 Å². The zero-order valence-corrected chi connectivity index (χ0v) is 21.7. The Morgan fingerprint density at radius 2 is 1.59 bits per heavy atom. The second-order valence-corrected chi connectivity index (χ2v) is 11.0. The zero-order chi connectivity index (χ0) is 24.6. The summed E-state index contributed by atoms with van der Waals surface area (Å²) in [5.74, 6) is 0.00401. The molecule has 0 saturated heterocycles. The predicted octanol–water partition coefficient (Wildman–Crippen LogP) is 6.31. The van der Waals surface area contributed by atoms with Gasteiger partial charge in [0.25, 0.3) is 5.91 Å². The van der Waals surface area contributed by atoms with E-state index >= 15 is 0 Å². The van der Waals surface area contributed by atoms with Gasteiger partial charge in [0.2, 0.25) is 0 Å². The molecule has 34 heavy (non-hydrogen) atoms. The number of nitrogens with one attached hydrogen (secondary N) is 2. The van der Waals surface area contributed by atoms with Crippen LogP contribution in [-0.2, 0) is 5.41 Å². The van der Waals surface area contributed by atoms with Crippen molar-refractivity contribution >= 4 is 22.5 Å². The molecule has 5 nitrogen and oxygen atoms in total. The van der Waals surface area contributed by atoms with Gasteiger partial charge in [0, 0.05) is 40.0 Å². The van der Waals surface area contributed by atoms with Gasteiger partial charge < -0.3 is 10.6 Å². The van der Waals surface area contributed by atoms with E-state index in [1.54, 1.807) is 0 Å². The molecule has 2 heterocycles. The van der Waals surface area contributed by atoms with Crippen molar-refractivity contribution in [1.29, 1.82) is 0 Å². The normalized spacial score (nSPS) is 18.7. The lowest BCUT2D eigenvalue weighted by atomic mass is 9.89. The molecular weight excluding hydrogens is 420 g/mol. The van der Waals surface area contributed by atoms with Crippen LogP contribution in [0.25, 0.3) is 10.9 Å². The lowest BCUT2D eigenvalue weighted by Crippen LogP contribution is -2.40. The first kappa shape index (κ1) is 24.2. The van der Waals surface area contributed by atoms with Crippen LogP contribution in [0.3, 0.4) is 0 Å². The van der Waals surface area contributed by atoms with Crippen molar-refractivity contribution < 1.29 is 4.79 Å². The third kappa shape index (κ3) is 5.24. The van der Waals surface area contributed by atoms with Gasteiger partial charge in [-0.2, -0.15) is 0 Å². The number of carbonyl (C=O) groups is 1. The highest BCUT2D eigenvalue weighted by Gasteiger charge is 2.25. The largest absolute Gasteiger partial charge is 0.382 e. The van der Waals surface area contributed by atoms with Crippen LogP contribution >= 0.6 is 0 Å². The number of rotatable bonds is 4. The van der Waals surface area contributed by atoms with Crippen molar-refractivity contribution in [2.45, 2.75) is 91.6 Å². The minimum Gasteiger partial charge on any atom is -0.382 e. The highest BCUT2D eigenvalue weighted by molar-refractivity contribution is 5.97. The van der Waals surface area contributed by atoms with Crippen LogP contribution < -0.4 is 10.6 Å². The van der Waals surface area contributed by atoms with Crippen molar-refractivity contribution in [3.8, 4) is 0 Å². The van der Waals surface area contributed by atoms with E-state index in [1.165, 1.54) is 16.6 Å². The zero-order valence-electron chi connectivity index (χ0n) is 21.7. The number of fused-ring (bicyclic) bond motifs is 1. The van der Waals surface area contributed by atoms with Crippen molar-refractivity contribution in [2.24, 2.45) is 0 Å². The highest BCUT2D eigenvalue weighted by Crippen LogP contribution is 2.32. The average Bonchev–Trinajstić information content (AvgIpc) is 2.74. The van der Waals surface area contributed by atoms with Gasteiger partial charge in [-0.3, -0.25) is 14.8 Å². The van der Waals surface area contributed by atoms with Gasteiger partial charge in [-0.1, -0.05) is 32.4 Å². The van der Waals surface area contributed by atoms with Gasteiger partial charge in [-0.25, -0.2) is 0 Å². The number of nitrogens with zero attached hydrogens (tertiary/aromatic N) is 2. The molecule has 5 heteroatoms. The van der Waals surface area contributed by atoms with E-state index in [-0.39, 0.29) is 17.4 Å². The smallest absolute Gasteiger partial charge is 0.253 e. The van der Waals surface area contributed by atoms with Crippen LogP contribution in [0.15, 0.2) is 30.3 Å². The number of aromatic nitrogens is 2. The number of aryl methyl sites for hydroxylation is 4. The molecule has 0 bridgehead atoms. The first-order valence-corrected chi connectivity index (χ1v) is 12.5. The Morgan fingerprint density at radius 1 is 0.912 bits per heavy atom. The number of benzene rings is 1. The Balaban J connectivity index is 1.45. The summed E-state index contributed by atoms with van der Waals surface area (Å²) in [6.07, 6.45) is 3.98. The average molecular weight is 459 g/mol. The summed E-state index contributed by atoms with van der Waals surface area (Å²) in [4.78, 5) is 22.4. The molecule has 2 N–H and O–H groups in total. The number of anilines is 1. The second kappa shape index (κ2) is 9.36. The summed E-state index contributed by atoms with van der Waals surface area (Å²) in [5, 5.41) is 8.28. The minimum atomic E-state index is -0.0153. The number of hydrogen-bond donors (Lipinski definition) is 2. The third-order valence-electron chi connectivity index (χ3n) is 6.91. The molecule has 0 radical (unpaired) electrons. The van der Waals surface area contributed by atoms with Crippen molar-refractivity contribution in [3.05, 3.63) is 64.1 Å². The lowest BCUT2D eigenvalue weighted by molar-refractivity contribution is 0.0925. The Bertz CT molecular complexity index is 1190. The number of pyridine rings is 2. The highest BCUT2D eigenvalue weighted by atomic mass is 16.1. The predicted molar refractivity (Wildman–Crippen MR) is 141 cm³/mol. The maximum Gasteiger partial charge on any atom is 0.253 e. The SMILES string of the molecule is Cc1ccc2nc(C(C)(C)C)cc(NC3CCC(NC(=O)c4c(C)cc(C)nc4C)CC3)c2c1. The van der Waals surface area contributed by atoms with Gasteiger partial charge in [0.1, 0.15) is 0 Å². The summed E-state index contributed by atoms with van der Waals surface area (Å²) in [6, 6.07) is 11.3. The van der Waals surface area contributed by atoms with Gasteiger partial charge >= 0.3 is 0 Å². The summed E-state index contributed by atoms with van der Waals surface area (Å²) in [6.45, 7) is 14.6. The van der Waals surface area contributed by atoms with E-state index in [9.17, 15) is 4.79 Å². The molecule has 2 aromatic heterocycles. The molecule has 1 aliphatic rings. The van der Waals surface area contributed by atoms with Crippen LogP contribution in [0.2, 0.25) is 0 Å². The van der Waals surface area contributed by atoms with E-state index in [4.69, 9.17) is 4.98 Å². The van der Waals surface area contributed by atoms with E-state index < -0.39 is 0 Å². The lowest BCUT2D eigenvalue weighted by Gasteiger charge is -2.31. The molecule has 1 aliphatic carbocycles. The molecule has 0 spiro atoms. The molecular formula is C29H38N4O. The Morgan fingerprint density at radius 3 is 2.24 bits per heavy atom. The Hall–Kier alpha value is -2.95. The first-order chi connectivity index (χ1) is 16.0. The molecule has 0 atom stereocenters. The first-order valence-electron chi connectivity index (χ1n) is 12.5. The van der Waals surface area contributed by atoms with Gasteiger partial charge in [0.05, 0.1) is 16.8 Å². The van der Waals surface area contributed by atoms with Gasteiger partial charge in [0.15, 0.2) is 0 Å². The monoisotopic (exact) mass is 458 g/mol. The molecule has 1 fully saturated rings. The van der Waals surface area contributed by atoms with Crippen LogP contribution in [0.4, 0.5) is 5.69 Å². The van der Waals surface area contributed by atoms with Gasteiger partial charge in [-0.05, 0) is 83.2 Å². The van der Waals surface area contributed by atoms with Crippen LogP contribution in [0, 0.1) is 27.7 Å². The summed E-state index contributed by atoms with van der Waals surface area (Å²) < 4.78 is 0. The molecule has 1 saturated carbocycles. The second-order valence-electron chi connectivity index (χ2n) is 11.0. The quantitative estimate of drug-likeness (QED) is 0.480. The molecule has 0 aliphatic heterocycles. The van der Waals surface area contributed by atoms with Gasteiger partial charge in [-0.15, -0.1) is 0 Å². The van der Waals surface area contributed by atoms with E-state index in [1.807, 2.05) is 26.8 Å². The summed E-state index contributed by atoms with van der Waals surface area (Å²) >= 11 is 0. The fourth-order valence-corrected chi connectivity index (χ4v) is 5.07. The van der Waals surface area contributed by atoms with Crippen LogP contribution in [0.5, 0.6) is 0 Å². The van der Waals surface area contributed by atoms with E-state index in [2.05, 4.69) is 67.6 Å². The standard InChI is InChI=1S/C29H38N4O/c1-17-8-13-24-23(14-17)25(16-26(33-24)29(5,6)7)31-21-9-11-22(12-10-21)32-28(34)27-18(2)15-19(3)30-20(27)4/h8,13-16,21-22H,9-12H2,1-7H3,(H,31,33)(H,32,34). The number of carbonyl (C=O) groups excluding carboxylic acids is 1. The van der Waals surface area contributed by atoms with Crippen molar-refractivity contribution in [3.63, 3.8) is 0 Å². The molecule has 3 aromatic rings. The fourth-order valence-electron chi connectivity index (χ4n) is 5.07. The Kier molecular flexibility index (Phi) is 6.66. The third-order valence-corrected chi connectivity index (χ3v) is 6.91. The van der Waals surface area contributed by atoms with Crippen molar-refractivity contribution in [2.75, 3.05) is 5.32 Å². The minimum absolute atomic E-state index is 0.00401. The summed E-state index contributed by atoms with van der Waals surface area (Å²) in [7, 11) is 0. The number of hydrogen-bond acceptors (Lipinski definition) is 4. The molecule has 1 amide bonds. The molecule has 4 rings (SSSR count).